The van der Waals surface area contributed by atoms with Crippen molar-refractivity contribution in [2.24, 2.45) is 5.92 Å². The van der Waals surface area contributed by atoms with Gasteiger partial charge in [0.1, 0.15) is 11.8 Å². The number of benzene rings is 2. The van der Waals surface area contributed by atoms with Gasteiger partial charge in [0, 0.05) is 11.1 Å². The SMILES string of the molecule is COc1cc(Cl)c(C)cc1-n1c(SCC(=O)NC(C(=O)O)C(C)C)nc2ccccc2c1=O. The number of carboxylic acids is 1. The lowest BCUT2D eigenvalue weighted by Crippen LogP contribution is -2.45. The molecule has 1 unspecified atom stereocenters. The third-order valence-corrected chi connectivity index (χ3v) is 6.37. The Morgan fingerprint density at radius 3 is 2.61 bits per heavy atom. The molecule has 0 saturated carbocycles. The molecular weight excluding hydrogens is 466 g/mol. The molecule has 1 amide bonds. The monoisotopic (exact) mass is 489 g/mol. The number of fused-ring (bicyclic) bond motifs is 1. The van der Waals surface area contributed by atoms with E-state index < -0.39 is 17.9 Å². The van der Waals surface area contributed by atoms with Crippen LogP contribution < -0.4 is 15.6 Å². The number of carbonyl (C=O) groups excluding carboxylic acids is 1. The molecule has 0 aliphatic carbocycles. The smallest absolute Gasteiger partial charge is 0.326 e. The van der Waals surface area contributed by atoms with Crippen molar-refractivity contribution in [3.63, 3.8) is 0 Å². The Morgan fingerprint density at radius 2 is 1.97 bits per heavy atom. The standard InChI is InChI=1S/C23H24ClN3O5S/c1-12(2)20(22(30)31)26-19(28)11-33-23-25-16-8-6-5-7-14(16)21(29)27(23)17-9-13(3)15(24)10-18(17)32-4/h5-10,12,20H,11H2,1-4H3,(H,26,28)(H,30,31). The third kappa shape index (κ3) is 5.31. The van der Waals surface area contributed by atoms with Crippen LogP contribution >= 0.6 is 23.4 Å². The van der Waals surface area contributed by atoms with Gasteiger partial charge in [-0.25, -0.2) is 9.78 Å². The van der Waals surface area contributed by atoms with Gasteiger partial charge in [-0.1, -0.05) is 49.3 Å². The zero-order valence-corrected chi connectivity index (χ0v) is 20.2. The number of thioether (sulfide) groups is 1. The number of nitrogens with one attached hydrogen (secondary N) is 1. The molecule has 0 radical (unpaired) electrons. The number of hydrogen-bond donors (Lipinski definition) is 2. The van der Waals surface area contributed by atoms with Crippen LogP contribution in [-0.4, -0.2) is 45.4 Å². The first-order chi connectivity index (χ1) is 15.6. The summed E-state index contributed by atoms with van der Waals surface area (Å²) in [7, 11) is 1.47. The van der Waals surface area contributed by atoms with Gasteiger partial charge >= 0.3 is 5.97 Å². The summed E-state index contributed by atoms with van der Waals surface area (Å²) in [5, 5.41) is 13.0. The van der Waals surface area contributed by atoms with Crippen molar-refractivity contribution in [1.82, 2.24) is 14.9 Å². The molecule has 1 aromatic heterocycles. The highest BCUT2D eigenvalue weighted by Gasteiger charge is 2.24. The van der Waals surface area contributed by atoms with Crippen LogP contribution in [0.1, 0.15) is 19.4 Å². The fourth-order valence-corrected chi connectivity index (χ4v) is 4.24. The van der Waals surface area contributed by atoms with Crippen molar-refractivity contribution in [3.8, 4) is 11.4 Å². The Balaban J connectivity index is 2.07. The number of amides is 1. The lowest BCUT2D eigenvalue weighted by atomic mass is 10.1. The van der Waals surface area contributed by atoms with Gasteiger partial charge in [-0.2, -0.15) is 0 Å². The van der Waals surface area contributed by atoms with E-state index >= 15 is 0 Å². The number of halogens is 1. The van der Waals surface area contributed by atoms with Gasteiger partial charge in [-0.3, -0.25) is 14.2 Å². The fraction of sp³-hybridized carbons (Fsp3) is 0.304. The van der Waals surface area contributed by atoms with Crippen LogP contribution in [0.25, 0.3) is 16.6 Å². The quantitative estimate of drug-likeness (QED) is 0.367. The molecule has 10 heteroatoms. The average molecular weight is 490 g/mol. The van der Waals surface area contributed by atoms with E-state index in [4.69, 9.17) is 16.3 Å². The third-order valence-electron chi connectivity index (χ3n) is 5.03. The number of aromatic nitrogens is 2. The van der Waals surface area contributed by atoms with Gasteiger partial charge in [0.05, 0.1) is 29.5 Å². The number of aryl methyl sites for hydroxylation is 1. The van der Waals surface area contributed by atoms with Crippen molar-refractivity contribution >= 4 is 46.1 Å². The summed E-state index contributed by atoms with van der Waals surface area (Å²) in [6.07, 6.45) is 0. The maximum Gasteiger partial charge on any atom is 0.326 e. The minimum Gasteiger partial charge on any atom is -0.495 e. The minimum atomic E-state index is -1.11. The van der Waals surface area contributed by atoms with E-state index in [2.05, 4.69) is 10.3 Å². The van der Waals surface area contributed by atoms with Crippen molar-refractivity contribution in [3.05, 3.63) is 57.3 Å². The summed E-state index contributed by atoms with van der Waals surface area (Å²) in [6.45, 7) is 5.23. The average Bonchev–Trinajstić information content (AvgIpc) is 2.77. The van der Waals surface area contributed by atoms with Gasteiger partial charge in [0.25, 0.3) is 5.56 Å². The molecule has 8 nitrogen and oxygen atoms in total. The predicted octanol–water partition coefficient (Wildman–Crippen LogP) is 3.67. The van der Waals surface area contributed by atoms with Gasteiger partial charge in [-0.05, 0) is 36.6 Å². The van der Waals surface area contributed by atoms with Crippen molar-refractivity contribution in [2.75, 3.05) is 12.9 Å². The van der Waals surface area contributed by atoms with E-state index in [1.165, 1.54) is 11.7 Å². The van der Waals surface area contributed by atoms with E-state index in [9.17, 15) is 19.5 Å². The lowest BCUT2D eigenvalue weighted by molar-refractivity contribution is -0.142. The van der Waals surface area contributed by atoms with Crippen LogP contribution in [0.3, 0.4) is 0 Å². The number of carboxylic acid groups (broad SMARTS) is 1. The van der Waals surface area contributed by atoms with Gasteiger partial charge < -0.3 is 15.2 Å². The summed E-state index contributed by atoms with van der Waals surface area (Å²) < 4.78 is 6.85. The van der Waals surface area contributed by atoms with E-state index in [-0.39, 0.29) is 22.4 Å². The zero-order valence-electron chi connectivity index (χ0n) is 18.6. The number of nitrogens with zero attached hydrogens (tertiary/aromatic N) is 2. The topological polar surface area (TPSA) is 111 Å². The Hall–Kier alpha value is -3.04. The zero-order chi connectivity index (χ0) is 24.3. The molecule has 3 aromatic rings. The summed E-state index contributed by atoms with van der Waals surface area (Å²) in [5.74, 6) is -1.62. The highest BCUT2D eigenvalue weighted by molar-refractivity contribution is 7.99. The Bertz CT molecular complexity index is 1270. The molecule has 0 bridgehead atoms. The number of hydrogen-bond acceptors (Lipinski definition) is 6. The van der Waals surface area contributed by atoms with E-state index in [0.717, 1.165) is 17.3 Å². The first-order valence-electron chi connectivity index (χ1n) is 10.1. The minimum absolute atomic E-state index is 0.129. The second-order valence-corrected chi connectivity index (χ2v) is 9.09. The van der Waals surface area contributed by atoms with Gasteiger partial charge in [0.2, 0.25) is 5.91 Å². The van der Waals surface area contributed by atoms with Crippen LogP contribution in [0, 0.1) is 12.8 Å². The lowest BCUT2D eigenvalue weighted by Gasteiger charge is -2.19. The molecule has 0 aliphatic heterocycles. The molecule has 2 aromatic carbocycles. The Morgan fingerprint density at radius 1 is 1.27 bits per heavy atom. The highest BCUT2D eigenvalue weighted by atomic mass is 35.5. The van der Waals surface area contributed by atoms with Crippen LogP contribution in [0.4, 0.5) is 0 Å². The maximum absolute atomic E-state index is 13.5. The van der Waals surface area contributed by atoms with Crippen LogP contribution in [0.15, 0.2) is 46.3 Å². The number of aliphatic carboxylic acids is 1. The molecule has 1 heterocycles. The van der Waals surface area contributed by atoms with Crippen LogP contribution in [0.2, 0.25) is 5.02 Å². The molecule has 2 N–H and O–H groups in total. The Kier molecular flexibility index (Phi) is 7.65. The number of methoxy groups -OCH3 is 1. The fourth-order valence-electron chi connectivity index (χ4n) is 3.27. The first kappa shape index (κ1) is 24.6. The molecule has 1 atom stereocenters. The summed E-state index contributed by atoms with van der Waals surface area (Å²) in [5.41, 5.74) is 1.34. The molecule has 0 saturated heterocycles. The van der Waals surface area contributed by atoms with E-state index in [0.29, 0.717) is 27.4 Å². The van der Waals surface area contributed by atoms with E-state index in [1.807, 2.05) is 6.92 Å². The summed E-state index contributed by atoms with van der Waals surface area (Å²) in [6, 6.07) is 9.25. The molecule has 174 valence electrons. The van der Waals surface area contributed by atoms with Gasteiger partial charge in [-0.15, -0.1) is 0 Å². The second kappa shape index (κ2) is 10.3. The Labute approximate surface area is 199 Å². The number of rotatable bonds is 8. The second-order valence-electron chi connectivity index (χ2n) is 7.74. The molecule has 0 spiro atoms. The molecule has 33 heavy (non-hydrogen) atoms. The van der Waals surface area contributed by atoms with Crippen molar-refractivity contribution in [2.45, 2.75) is 32.0 Å². The van der Waals surface area contributed by atoms with Gasteiger partial charge in [0.15, 0.2) is 5.16 Å². The number of carbonyl (C=O) groups is 2. The number of para-hydroxylation sites is 1. The highest BCUT2D eigenvalue weighted by Crippen LogP contribution is 2.32. The largest absolute Gasteiger partial charge is 0.495 e. The molecular formula is C23H24ClN3O5S. The van der Waals surface area contributed by atoms with Crippen LogP contribution in [-0.2, 0) is 9.59 Å². The predicted molar refractivity (Wildman–Crippen MR) is 129 cm³/mol. The van der Waals surface area contributed by atoms with Crippen molar-refractivity contribution < 1.29 is 19.4 Å². The van der Waals surface area contributed by atoms with Crippen LogP contribution in [0.5, 0.6) is 5.75 Å². The normalized spacial score (nSPS) is 12.1. The van der Waals surface area contributed by atoms with Crippen molar-refractivity contribution in [1.29, 1.82) is 0 Å². The van der Waals surface area contributed by atoms with E-state index in [1.54, 1.807) is 50.2 Å². The summed E-state index contributed by atoms with van der Waals surface area (Å²) in [4.78, 5) is 42.0. The molecule has 0 fully saturated rings. The summed E-state index contributed by atoms with van der Waals surface area (Å²) >= 11 is 7.27. The molecule has 0 aliphatic rings. The number of ether oxygens (including phenoxy) is 1. The molecule has 3 rings (SSSR count). The first-order valence-corrected chi connectivity index (χ1v) is 11.5. The maximum atomic E-state index is 13.5.